The van der Waals surface area contributed by atoms with Crippen LogP contribution in [-0.2, 0) is 11.3 Å². The Morgan fingerprint density at radius 1 is 1.38 bits per heavy atom. The van der Waals surface area contributed by atoms with Crippen molar-refractivity contribution in [3.05, 3.63) is 34.9 Å². The molecule has 0 fully saturated rings. The van der Waals surface area contributed by atoms with Gasteiger partial charge < -0.3 is 10.6 Å². The molecular weight excluding hydrogens is 276 g/mol. The lowest BCUT2D eigenvalue weighted by Gasteiger charge is -2.12. The standard InChI is InChI=1S/C15H19F2N3O/c1-3-10(2)20-15(21)4-5-19-9-12-13(16)6-11(8-18)7-14(12)17/h6-7,10,19H,3-5,9H2,1-2H3,(H,20,21). The molecule has 21 heavy (non-hydrogen) atoms. The van der Waals surface area contributed by atoms with Gasteiger partial charge in [0.25, 0.3) is 0 Å². The maximum Gasteiger partial charge on any atom is 0.221 e. The zero-order valence-electron chi connectivity index (χ0n) is 12.2. The quantitative estimate of drug-likeness (QED) is 0.758. The minimum absolute atomic E-state index is 0.0278. The van der Waals surface area contributed by atoms with Crippen molar-refractivity contribution in [3.63, 3.8) is 0 Å². The molecule has 0 heterocycles. The SMILES string of the molecule is CCC(C)NC(=O)CCNCc1c(F)cc(C#N)cc1F. The highest BCUT2D eigenvalue weighted by molar-refractivity contribution is 5.76. The zero-order valence-corrected chi connectivity index (χ0v) is 12.2. The number of hydrogen-bond donors (Lipinski definition) is 2. The lowest BCUT2D eigenvalue weighted by atomic mass is 10.1. The van der Waals surface area contributed by atoms with Crippen LogP contribution in [0, 0.1) is 23.0 Å². The van der Waals surface area contributed by atoms with Crippen LogP contribution in [0.15, 0.2) is 12.1 Å². The van der Waals surface area contributed by atoms with Crippen molar-refractivity contribution < 1.29 is 13.6 Å². The van der Waals surface area contributed by atoms with Gasteiger partial charge in [-0.2, -0.15) is 5.26 Å². The summed E-state index contributed by atoms with van der Waals surface area (Å²) < 4.78 is 27.2. The molecule has 2 N–H and O–H groups in total. The summed E-state index contributed by atoms with van der Waals surface area (Å²) in [5.74, 6) is -1.62. The molecule has 1 atom stereocenters. The van der Waals surface area contributed by atoms with Gasteiger partial charge in [0.1, 0.15) is 11.6 Å². The van der Waals surface area contributed by atoms with E-state index < -0.39 is 11.6 Å². The van der Waals surface area contributed by atoms with E-state index in [1.165, 1.54) is 0 Å². The zero-order chi connectivity index (χ0) is 15.8. The average molecular weight is 295 g/mol. The highest BCUT2D eigenvalue weighted by Gasteiger charge is 2.11. The molecule has 0 saturated heterocycles. The van der Waals surface area contributed by atoms with Crippen molar-refractivity contribution in [3.8, 4) is 6.07 Å². The third-order valence-corrected chi connectivity index (χ3v) is 3.12. The lowest BCUT2D eigenvalue weighted by molar-refractivity contribution is -0.121. The number of hydrogen-bond acceptors (Lipinski definition) is 3. The fourth-order valence-corrected chi connectivity index (χ4v) is 1.70. The summed E-state index contributed by atoms with van der Waals surface area (Å²) in [6.45, 7) is 4.17. The van der Waals surface area contributed by atoms with Crippen molar-refractivity contribution in [2.75, 3.05) is 6.54 Å². The predicted octanol–water partition coefficient (Wildman–Crippen LogP) is 2.23. The molecule has 1 rings (SSSR count). The summed E-state index contributed by atoms with van der Waals surface area (Å²) >= 11 is 0. The summed E-state index contributed by atoms with van der Waals surface area (Å²) in [7, 11) is 0. The summed E-state index contributed by atoms with van der Waals surface area (Å²) in [6, 6.07) is 3.80. The third kappa shape index (κ3) is 5.48. The van der Waals surface area contributed by atoms with Crippen LogP contribution in [0.4, 0.5) is 8.78 Å². The Bertz CT molecular complexity index is 517. The molecule has 0 radical (unpaired) electrons. The topological polar surface area (TPSA) is 64.9 Å². The van der Waals surface area contributed by atoms with Gasteiger partial charge in [0, 0.05) is 31.1 Å². The molecular formula is C15H19F2N3O. The van der Waals surface area contributed by atoms with Gasteiger partial charge in [-0.1, -0.05) is 6.92 Å². The first-order valence-corrected chi connectivity index (χ1v) is 6.86. The van der Waals surface area contributed by atoms with Gasteiger partial charge in [0.2, 0.25) is 5.91 Å². The first-order chi connectivity index (χ1) is 9.97. The molecule has 0 aliphatic rings. The Hall–Kier alpha value is -2.00. The van der Waals surface area contributed by atoms with Crippen LogP contribution in [0.1, 0.15) is 37.8 Å². The summed E-state index contributed by atoms with van der Waals surface area (Å²) in [4.78, 5) is 11.5. The number of nitrogens with one attached hydrogen (secondary N) is 2. The number of nitriles is 1. The monoisotopic (exact) mass is 295 g/mol. The number of rotatable bonds is 7. The van der Waals surface area contributed by atoms with Crippen LogP contribution in [0.5, 0.6) is 0 Å². The van der Waals surface area contributed by atoms with E-state index in [-0.39, 0.29) is 36.0 Å². The van der Waals surface area contributed by atoms with Crippen LogP contribution in [0.25, 0.3) is 0 Å². The minimum Gasteiger partial charge on any atom is -0.354 e. The molecule has 1 aromatic carbocycles. The number of halogens is 2. The summed E-state index contributed by atoms with van der Waals surface area (Å²) in [6.07, 6.45) is 1.09. The minimum atomic E-state index is -0.761. The average Bonchev–Trinajstić information content (AvgIpc) is 2.45. The van der Waals surface area contributed by atoms with Crippen LogP contribution in [0.3, 0.4) is 0 Å². The van der Waals surface area contributed by atoms with Crippen molar-refractivity contribution in [1.82, 2.24) is 10.6 Å². The first kappa shape index (κ1) is 17.1. The highest BCUT2D eigenvalue weighted by Crippen LogP contribution is 2.14. The van der Waals surface area contributed by atoms with Crippen LogP contribution >= 0.6 is 0 Å². The molecule has 0 saturated carbocycles. The Morgan fingerprint density at radius 2 is 2.00 bits per heavy atom. The van der Waals surface area contributed by atoms with Gasteiger partial charge in [-0.3, -0.25) is 4.79 Å². The normalized spacial score (nSPS) is 11.8. The fourth-order valence-electron chi connectivity index (χ4n) is 1.70. The van der Waals surface area contributed by atoms with Gasteiger partial charge >= 0.3 is 0 Å². The van der Waals surface area contributed by atoms with Gasteiger partial charge in [-0.05, 0) is 25.5 Å². The second-order valence-electron chi connectivity index (χ2n) is 4.83. The van der Waals surface area contributed by atoms with Crippen molar-refractivity contribution in [2.24, 2.45) is 0 Å². The smallest absolute Gasteiger partial charge is 0.221 e. The fraction of sp³-hybridized carbons (Fsp3) is 0.467. The van der Waals surface area contributed by atoms with Crippen molar-refractivity contribution in [1.29, 1.82) is 5.26 Å². The van der Waals surface area contributed by atoms with E-state index in [1.54, 1.807) is 6.07 Å². The maximum absolute atomic E-state index is 13.6. The molecule has 1 amide bonds. The largest absolute Gasteiger partial charge is 0.354 e. The van der Waals surface area contributed by atoms with Crippen LogP contribution in [0.2, 0.25) is 0 Å². The van der Waals surface area contributed by atoms with E-state index >= 15 is 0 Å². The lowest BCUT2D eigenvalue weighted by Crippen LogP contribution is -2.34. The van der Waals surface area contributed by atoms with E-state index in [4.69, 9.17) is 5.26 Å². The Balaban J connectivity index is 2.43. The van der Waals surface area contributed by atoms with Gasteiger partial charge in [-0.15, -0.1) is 0 Å². The van der Waals surface area contributed by atoms with Crippen molar-refractivity contribution >= 4 is 5.91 Å². The summed E-state index contributed by atoms with van der Waals surface area (Å²) in [5.41, 5.74) is -0.182. The molecule has 0 bridgehead atoms. The maximum atomic E-state index is 13.6. The van der Waals surface area contributed by atoms with Gasteiger partial charge in [0.05, 0.1) is 11.6 Å². The second-order valence-corrected chi connectivity index (χ2v) is 4.83. The molecule has 114 valence electrons. The van der Waals surface area contributed by atoms with E-state index in [1.807, 2.05) is 13.8 Å². The number of benzene rings is 1. The Kier molecular flexibility index (Phi) is 6.76. The van der Waals surface area contributed by atoms with E-state index in [2.05, 4.69) is 10.6 Å². The number of nitrogens with zero attached hydrogens (tertiary/aromatic N) is 1. The van der Waals surface area contributed by atoms with Gasteiger partial charge in [-0.25, -0.2) is 8.78 Å². The first-order valence-electron chi connectivity index (χ1n) is 6.86. The number of carbonyl (C=O) groups is 1. The molecule has 0 spiro atoms. The van der Waals surface area contributed by atoms with Gasteiger partial charge in [0.15, 0.2) is 0 Å². The molecule has 4 nitrogen and oxygen atoms in total. The molecule has 0 aliphatic heterocycles. The number of amides is 1. The second kappa shape index (κ2) is 8.32. The third-order valence-electron chi connectivity index (χ3n) is 3.12. The van der Waals surface area contributed by atoms with Crippen LogP contribution < -0.4 is 10.6 Å². The molecule has 1 aromatic rings. The number of carbonyl (C=O) groups excluding carboxylic acids is 1. The predicted molar refractivity (Wildman–Crippen MR) is 75.3 cm³/mol. The van der Waals surface area contributed by atoms with Crippen molar-refractivity contribution in [2.45, 2.75) is 39.3 Å². The molecule has 1 unspecified atom stereocenters. The molecule has 0 aliphatic carbocycles. The van der Waals surface area contributed by atoms with E-state index in [9.17, 15) is 13.6 Å². The summed E-state index contributed by atoms with van der Waals surface area (Å²) in [5, 5.41) is 14.2. The Morgan fingerprint density at radius 3 is 2.52 bits per heavy atom. The molecule has 0 aromatic heterocycles. The Labute approximate surface area is 123 Å². The molecule has 6 heteroatoms. The van der Waals surface area contributed by atoms with Crippen LogP contribution in [-0.4, -0.2) is 18.5 Å². The highest BCUT2D eigenvalue weighted by atomic mass is 19.1. The van der Waals surface area contributed by atoms with E-state index in [0.717, 1.165) is 18.6 Å². The van der Waals surface area contributed by atoms with E-state index in [0.29, 0.717) is 6.54 Å².